The Hall–Kier alpha value is -0.404. The molecule has 1 rings (SSSR count). The van der Waals surface area contributed by atoms with E-state index in [-0.39, 0.29) is 63.9 Å². The number of unbranched alkanes of at least 4 members (excludes halogenated alkanes) is 5. The standard InChI is InChI=1S/C16H22O5.K.H/c1-2-3-4-5-6-7-8-21-14-10-12(15(17)18)9-13(11-14)16(19)20;;/h9-11H,2-8H2,1H3,(H,17,18)(H,19,20);;/q;+1;-1. The van der Waals surface area contributed by atoms with Crippen molar-refractivity contribution in [2.75, 3.05) is 6.61 Å². The van der Waals surface area contributed by atoms with Gasteiger partial charge in [-0.1, -0.05) is 39.0 Å². The first-order valence-electron chi connectivity index (χ1n) is 7.29. The quantitative estimate of drug-likeness (QED) is 0.491. The van der Waals surface area contributed by atoms with Crippen LogP contribution in [0.15, 0.2) is 18.2 Å². The smallest absolute Gasteiger partial charge is 1.00 e. The molecule has 0 aliphatic heterocycles. The molecular formula is C16H23KO5. The van der Waals surface area contributed by atoms with Crippen molar-refractivity contribution >= 4 is 11.9 Å². The maximum atomic E-state index is 11.0. The van der Waals surface area contributed by atoms with E-state index < -0.39 is 11.9 Å². The summed E-state index contributed by atoms with van der Waals surface area (Å²) < 4.78 is 5.47. The SMILES string of the molecule is CCCCCCCCOc1cc(C(=O)O)cc(C(=O)O)c1.[H-].[K+]. The number of benzene rings is 1. The normalized spacial score (nSPS) is 9.86. The first-order valence-corrected chi connectivity index (χ1v) is 7.29. The van der Waals surface area contributed by atoms with Crippen molar-refractivity contribution in [3.8, 4) is 5.75 Å². The van der Waals surface area contributed by atoms with Gasteiger partial charge >= 0.3 is 63.3 Å². The number of rotatable bonds is 10. The van der Waals surface area contributed by atoms with Crippen molar-refractivity contribution < 1.29 is 77.4 Å². The minimum atomic E-state index is -1.16. The van der Waals surface area contributed by atoms with Crippen molar-refractivity contribution in [3.63, 3.8) is 0 Å². The Balaban J connectivity index is 0. The average molecular weight is 334 g/mol. The number of carbonyl (C=O) groups is 2. The molecule has 6 heteroatoms. The average Bonchev–Trinajstić information content (AvgIpc) is 2.46. The Bertz CT molecular complexity index is 461. The Labute approximate surface area is 175 Å². The number of ether oxygens (including phenoxy) is 1. The van der Waals surface area contributed by atoms with Crippen LogP contribution < -0.4 is 56.1 Å². The van der Waals surface area contributed by atoms with E-state index in [1.165, 1.54) is 31.4 Å². The predicted molar refractivity (Wildman–Crippen MR) is 80.3 cm³/mol. The van der Waals surface area contributed by atoms with Crippen molar-refractivity contribution in [1.82, 2.24) is 0 Å². The molecule has 0 unspecified atom stereocenters. The Morgan fingerprint density at radius 2 is 1.45 bits per heavy atom. The number of hydrogen-bond acceptors (Lipinski definition) is 3. The first-order chi connectivity index (χ1) is 10.0. The minimum absolute atomic E-state index is 0. The van der Waals surface area contributed by atoms with Crippen molar-refractivity contribution in [3.05, 3.63) is 29.3 Å². The maximum Gasteiger partial charge on any atom is 1.00 e. The predicted octanol–water partition coefficient (Wildman–Crippen LogP) is 0.939. The summed E-state index contributed by atoms with van der Waals surface area (Å²) in [5.41, 5.74) is -0.152. The van der Waals surface area contributed by atoms with E-state index in [4.69, 9.17) is 14.9 Å². The van der Waals surface area contributed by atoms with Gasteiger partial charge in [-0.3, -0.25) is 0 Å². The van der Waals surface area contributed by atoms with Gasteiger partial charge < -0.3 is 16.4 Å². The van der Waals surface area contributed by atoms with Gasteiger partial charge in [0.1, 0.15) is 5.75 Å². The monoisotopic (exact) mass is 334 g/mol. The van der Waals surface area contributed by atoms with E-state index in [0.717, 1.165) is 25.3 Å². The molecule has 1 aromatic carbocycles. The third kappa shape index (κ3) is 8.29. The second kappa shape index (κ2) is 12.1. The fraction of sp³-hybridized carbons (Fsp3) is 0.500. The molecule has 0 saturated carbocycles. The number of aromatic carboxylic acids is 2. The van der Waals surface area contributed by atoms with Crippen LogP contribution in [0.3, 0.4) is 0 Å². The van der Waals surface area contributed by atoms with Gasteiger partial charge in [-0.2, -0.15) is 0 Å². The summed E-state index contributed by atoms with van der Waals surface area (Å²) in [6, 6.07) is 3.83. The molecule has 0 heterocycles. The van der Waals surface area contributed by atoms with Gasteiger partial charge in [-0.15, -0.1) is 0 Å². The van der Waals surface area contributed by atoms with E-state index in [0.29, 0.717) is 12.4 Å². The van der Waals surface area contributed by atoms with Crippen LogP contribution in [0.1, 0.15) is 67.6 Å². The Kier molecular flexibility index (Phi) is 11.9. The van der Waals surface area contributed by atoms with E-state index in [9.17, 15) is 9.59 Å². The van der Waals surface area contributed by atoms with Gasteiger partial charge in [0.15, 0.2) is 0 Å². The zero-order chi connectivity index (χ0) is 15.7. The third-order valence-electron chi connectivity index (χ3n) is 3.17. The molecule has 0 radical (unpaired) electrons. The molecule has 0 aliphatic carbocycles. The summed E-state index contributed by atoms with van der Waals surface area (Å²) in [4.78, 5) is 21.9. The molecule has 5 nitrogen and oxygen atoms in total. The molecule has 0 saturated heterocycles. The molecule has 0 atom stereocenters. The van der Waals surface area contributed by atoms with Gasteiger partial charge in [-0.05, 0) is 24.6 Å². The molecule has 0 aliphatic rings. The van der Waals surface area contributed by atoms with Crippen LogP contribution >= 0.6 is 0 Å². The van der Waals surface area contributed by atoms with Gasteiger partial charge in [0.25, 0.3) is 0 Å². The molecule has 2 N–H and O–H groups in total. The van der Waals surface area contributed by atoms with Gasteiger partial charge in [0, 0.05) is 0 Å². The second-order valence-corrected chi connectivity index (χ2v) is 4.97. The fourth-order valence-corrected chi connectivity index (χ4v) is 2.00. The Morgan fingerprint density at radius 1 is 0.955 bits per heavy atom. The number of carboxylic acid groups (broad SMARTS) is 2. The molecule has 0 aromatic heterocycles. The fourth-order valence-electron chi connectivity index (χ4n) is 2.00. The van der Waals surface area contributed by atoms with E-state index >= 15 is 0 Å². The van der Waals surface area contributed by atoms with Crippen LogP contribution in [-0.4, -0.2) is 28.8 Å². The second-order valence-electron chi connectivity index (χ2n) is 4.97. The zero-order valence-corrected chi connectivity index (χ0v) is 16.4. The summed E-state index contributed by atoms with van der Waals surface area (Å²) >= 11 is 0. The van der Waals surface area contributed by atoms with Gasteiger partial charge in [-0.25, -0.2) is 9.59 Å². The summed E-state index contributed by atoms with van der Waals surface area (Å²) in [5.74, 6) is -2.04. The zero-order valence-electron chi connectivity index (χ0n) is 14.3. The third-order valence-corrected chi connectivity index (χ3v) is 3.17. The van der Waals surface area contributed by atoms with Gasteiger partial charge in [0.2, 0.25) is 0 Å². The summed E-state index contributed by atoms with van der Waals surface area (Å²) in [5, 5.41) is 17.9. The van der Waals surface area contributed by atoms with Crippen LogP contribution in [0.2, 0.25) is 0 Å². The maximum absolute atomic E-state index is 11.0. The van der Waals surface area contributed by atoms with Crippen LogP contribution in [-0.2, 0) is 0 Å². The van der Waals surface area contributed by atoms with Crippen LogP contribution in [0.5, 0.6) is 5.75 Å². The van der Waals surface area contributed by atoms with Gasteiger partial charge in [0.05, 0.1) is 17.7 Å². The number of hydrogen-bond donors (Lipinski definition) is 2. The first kappa shape index (κ1) is 21.6. The summed E-state index contributed by atoms with van der Waals surface area (Å²) in [6.45, 7) is 2.63. The molecular weight excluding hydrogens is 311 g/mol. The van der Waals surface area contributed by atoms with E-state index in [1.807, 2.05) is 0 Å². The Morgan fingerprint density at radius 3 is 1.95 bits per heavy atom. The molecule has 0 amide bonds. The largest absolute Gasteiger partial charge is 1.00 e. The van der Waals surface area contributed by atoms with E-state index in [1.54, 1.807) is 0 Å². The van der Waals surface area contributed by atoms with Crippen LogP contribution in [0, 0.1) is 0 Å². The van der Waals surface area contributed by atoms with Crippen LogP contribution in [0.25, 0.3) is 0 Å². The molecule has 118 valence electrons. The molecule has 1 aromatic rings. The number of carboxylic acids is 2. The van der Waals surface area contributed by atoms with E-state index in [2.05, 4.69) is 6.92 Å². The molecule has 22 heavy (non-hydrogen) atoms. The summed E-state index contributed by atoms with van der Waals surface area (Å²) in [7, 11) is 0. The minimum Gasteiger partial charge on any atom is -1.00 e. The molecule has 0 fully saturated rings. The molecule has 0 spiro atoms. The summed E-state index contributed by atoms with van der Waals surface area (Å²) in [6.07, 6.45) is 6.76. The van der Waals surface area contributed by atoms with Crippen molar-refractivity contribution in [2.24, 2.45) is 0 Å². The van der Waals surface area contributed by atoms with Crippen molar-refractivity contribution in [2.45, 2.75) is 45.4 Å². The van der Waals surface area contributed by atoms with Crippen molar-refractivity contribution in [1.29, 1.82) is 0 Å². The van der Waals surface area contributed by atoms with Crippen LogP contribution in [0.4, 0.5) is 0 Å². The topological polar surface area (TPSA) is 83.8 Å². The molecule has 0 bridgehead atoms.